The molecule has 1 aromatic carbocycles. The number of aromatic nitrogens is 1. The summed E-state index contributed by atoms with van der Waals surface area (Å²) in [5.41, 5.74) is 6.53. The van der Waals surface area contributed by atoms with Crippen LogP contribution in [0.5, 0.6) is 0 Å². The molecule has 2 amide bonds. The number of hydrogen-bond donors (Lipinski definition) is 4. The van der Waals surface area contributed by atoms with Crippen LogP contribution in [0.25, 0.3) is 0 Å². The first-order valence-corrected chi connectivity index (χ1v) is 13.0. The van der Waals surface area contributed by atoms with Crippen molar-refractivity contribution in [3.8, 4) is 0 Å². The van der Waals surface area contributed by atoms with Gasteiger partial charge in [-0.25, -0.2) is 22.9 Å². The highest BCUT2D eigenvalue weighted by atomic mass is 32.2. The van der Waals surface area contributed by atoms with Crippen molar-refractivity contribution in [2.24, 2.45) is 11.7 Å². The van der Waals surface area contributed by atoms with E-state index in [-0.39, 0.29) is 36.8 Å². The third kappa shape index (κ3) is 7.60. The lowest BCUT2D eigenvalue weighted by atomic mass is 10.0. The number of rotatable bonds is 11. The number of halogens is 3. The van der Waals surface area contributed by atoms with Gasteiger partial charge >= 0.3 is 5.97 Å². The Morgan fingerprint density at radius 2 is 1.89 bits per heavy atom. The van der Waals surface area contributed by atoms with Gasteiger partial charge in [-0.2, -0.15) is 0 Å². The second-order valence-corrected chi connectivity index (χ2v) is 10.5. The largest absolute Gasteiger partial charge is 0.480 e. The molecule has 1 aliphatic heterocycles. The Bertz CT molecular complexity index is 1170. The fraction of sp³-hybridized carbons (Fsp3) is 0.440. The number of pyridine rings is 1. The van der Waals surface area contributed by atoms with E-state index in [1.54, 1.807) is 26.0 Å². The molecule has 9 nitrogen and oxygen atoms in total. The first-order valence-electron chi connectivity index (χ1n) is 12.0. The minimum absolute atomic E-state index is 0.133. The molecule has 5 N–H and O–H groups in total. The Kier molecular flexibility index (Phi) is 9.97. The lowest BCUT2D eigenvalue weighted by Gasteiger charge is -2.24. The summed E-state index contributed by atoms with van der Waals surface area (Å²) in [6, 6.07) is 2.84. The zero-order valence-electron chi connectivity index (χ0n) is 20.9. The van der Waals surface area contributed by atoms with Crippen LogP contribution in [0.3, 0.4) is 0 Å². The molecule has 0 radical (unpaired) electrons. The summed E-state index contributed by atoms with van der Waals surface area (Å²) in [6.07, 6.45) is 1.15. The molecule has 0 saturated carbocycles. The maximum Gasteiger partial charge on any atom is 0.326 e. The molecule has 1 aromatic heterocycles. The Balaban J connectivity index is 1.52. The van der Waals surface area contributed by atoms with Crippen molar-refractivity contribution in [3.63, 3.8) is 0 Å². The third-order valence-corrected chi connectivity index (χ3v) is 7.17. The number of carboxylic acid groups (broad SMARTS) is 1. The average Bonchev–Trinajstić information content (AvgIpc) is 3.35. The van der Waals surface area contributed by atoms with E-state index in [4.69, 9.17) is 5.73 Å². The Morgan fingerprint density at radius 3 is 2.53 bits per heavy atom. The second kappa shape index (κ2) is 13.0. The standard InChI is InChI=1S/C25H30F3N5O4S/c1-13(2)22(25(36)37)32-20-4-3-14(11-30-20)12-31-23(35)24-33(5-6-38-24)21(34)9-16(29)7-15-8-18(27)19(28)10-17(15)26/h3-4,8,10-11,13,16,22,24H,5-7,9,12,29H2,1-2H3,(H,30,32)(H,31,35)(H,36,37)/t16-,22?,24+/m1/s1. The van der Waals surface area contributed by atoms with Gasteiger partial charge < -0.3 is 26.4 Å². The minimum Gasteiger partial charge on any atom is -0.480 e. The smallest absolute Gasteiger partial charge is 0.326 e. The molecule has 206 valence electrons. The van der Waals surface area contributed by atoms with Crippen LogP contribution in [0, 0.1) is 23.4 Å². The predicted molar refractivity (Wildman–Crippen MR) is 137 cm³/mol. The van der Waals surface area contributed by atoms with Crippen LogP contribution < -0.4 is 16.4 Å². The van der Waals surface area contributed by atoms with Gasteiger partial charge in [0.05, 0.1) is 0 Å². The van der Waals surface area contributed by atoms with E-state index in [0.29, 0.717) is 29.7 Å². The maximum atomic E-state index is 13.9. The third-order valence-electron chi connectivity index (χ3n) is 5.97. The van der Waals surface area contributed by atoms with Gasteiger partial charge in [-0.05, 0) is 35.6 Å². The topological polar surface area (TPSA) is 138 Å². The van der Waals surface area contributed by atoms with Crippen LogP contribution in [0.1, 0.15) is 31.4 Å². The van der Waals surface area contributed by atoms with Gasteiger partial charge in [-0.3, -0.25) is 9.59 Å². The van der Waals surface area contributed by atoms with E-state index in [9.17, 15) is 32.7 Å². The van der Waals surface area contributed by atoms with Crippen molar-refractivity contribution in [1.29, 1.82) is 0 Å². The highest BCUT2D eigenvalue weighted by molar-refractivity contribution is 8.00. The van der Waals surface area contributed by atoms with Crippen LogP contribution in [0.4, 0.5) is 19.0 Å². The molecule has 3 atom stereocenters. The monoisotopic (exact) mass is 553 g/mol. The summed E-state index contributed by atoms with van der Waals surface area (Å²) >= 11 is 1.29. The molecule has 1 aliphatic rings. The molecule has 0 bridgehead atoms. The van der Waals surface area contributed by atoms with Gasteiger partial charge in [-0.1, -0.05) is 19.9 Å². The molecule has 13 heteroatoms. The molecule has 3 rings (SSSR count). The number of carbonyl (C=O) groups excluding carboxylic acids is 2. The summed E-state index contributed by atoms with van der Waals surface area (Å²) in [6.45, 7) is 4.04. The number of thioether (sulfide) groups is 1. The maximum absolute atomic E-state index is 13.9. The van der Waals surface area contributed by atoms with Gasteiger partial charge in [-0.15, -0.1) is 11.8 Å². The second-order valence-electron chi connectivity index (χ2n) is 9.31. The van der Waals surface area contributed by atoms with Crippen molar-refractivity contribution >= 4 is 35.4 Å². The predicted octanol–water partition coefficient (Wildman–Crippen LogP) is 2.50. The number of amides is 2. The minimum atomic E-state index is -1.31. The highest BCUT2D eigenvalue weighted by Gasteiger charge is 2.35. The fourth-order valence-corrected chi connectivity index (χ4v) is 5.09. The summed E-state index contributed by atoms with van der Waals surface area (Å²) in [4.78, 5) is 42.6. The van der Waals surface area contributed by atoms with E-state index in [1.807, 2.05) is 0 Å². The van der Waals surface area contributed by atoms with E-state index in [1.165, 1.54) is 22.9 Å². The zero-order valence-corrected chi connectivity index (χ0v) is 21.7. The normalized spacial score (nSPS) is 16.8. The number of nitrogens with two attached hydrogens (primary N) is 1. The van der Waals surface area contributed by atoms with Crippen LogP contribution in [0.15, 0.2) is 30.5 Å². The number of nitrogens with zero attached hydrogens (tertiary/aromatic N) is 2. The zero-order chi connectivity index (χ0) is 28.0. The number of aliphatic carboxylic acids is 1. The summed E-state index contributed by atoms with van der Waals surface area (Å²) in [7, 11) is 0. The van der Waals surface area contributed by atoms with E-state index in [2.05, 4.69) is 15.6 Å². The number of nitrogens with one attached hydrogen (secondary N) is 2. The average molecular weight is 554 g/mol. The summed E-state index contributed by atoms with van der Waals surface area (Å²) < 4.78 is 40.5. The number of carbonyl (C=O) groups is 3. The molecule has 1 saturated heterocycles. The Morgan fingerprint density at radius 1 is 1.18 bits per heavy atom. The fourth-order valence-electron chi connectivity index (χ4n) is 3.92. The Labute approximate surface area is 222 Å². The van der Waals surface area contributed by atoms with Gasteiger partial charge in [0, 0.05) is 43.6 Å². The van der Waals surface area contributed by atoms with Crippen molar-refractivity contribution < 1.29 is 32.7 Å². The molecule has 38 heavy (non-hydrogen) atoms. The molecule has 2 heterocycles. The molecule has 1 unspecified atom stereocenters. The van der Waals surface area contributed by atoms with Crippen LogP contribution in [-0.2, 0) is 27.3 Å². The molecule has 1 fully saturated rings. The number of hydrogen-bond acceptors (Lipinski definition) is 7. The first kappa shape index (κ1) is 29.2. The SMILES string of the molecule is CC(C)C(Nc1ccc(CNC(=O)[C@@H]2SCCN2C(=O)C[C@H](N)Cc2cc(F)c(F)cc2F)cn1)C(=O)O. The van der Waals surface area contributed by atoms with Gasteiger partial charge in [0.15, 0.2) is 17.0 Å². The van der Waals surface area contributed by atoms with E-state index in [0.717, 1.165) is 6.07 Å². The summed E-state index contributed by atoms with van der Waals surface area (Å²) in [5.74, 6) is -4.43. The quantitative estimate of drug-likeness (QED) is 0.312. The molecular weight excluding hydrogens is 523 g/mol. The van der Waals surface area contributed by atoms with Gasteiger partial charge in [0.2, 0.25) is 5.91 Å². The Hall–Kier alpha value is -3.32. The lowest BCUT2D eigenvalue weighted by Crippen LogP contribution is -2.46. The van der Waals surface area contributed by atoms with Crippen LogP contribution >= 0.6 is 11.8 Å². The van der Waals surface area contributed by atoms with Crippen LogP contribution in [0.2, 0.25) is 0 Å². The number of anilines is 1. The summed E-state index contributed by atoms with van der Waals surface area (Å²) in [5, 5.41) is 14.2. The van der Waals surface area contributed by atoms with Crippen molar-refractivity contribution in [2.45, 2.75) is 50.7 Å². The van der Waals surface area contributed by atoms with Crippen LogP contribution in [-0.4, -0.2) is 62.5 Å². The first-order chi connectivity index (χ1) is 18.0. The van der Waals surface area contributed by atoms with Gasteiger partial charge in [0.1, 0.15) is 17.7 Å². The van der Waals surface area contributed by atoms with E-state index >= 15 is 0 Å². The number of benzene rings is 1. The molecule has 0 aliphatic carbocycles. The van der Waals surface area contributed by atoms with Crippen molar-refractivity contribution in [1.82, 2.24) is 15.2 Å². The number of carboxylic acids is 1. The highest BCUT2D eigenvalue weighted by Crippen LogP contribution is 2.25. The van der Waals surface area contributed by atoms with Crippen molar-refractivity contribution in [3.05, 3.63) is 59.0 Å². The van der Waals surface area contributed by atoms with E-state index < -0.39 is 46.8 Å². The molecular formula is C25H30F3N5O4S. The lowest BCUT2D eigenvalue weighted by molar-refractivity contribution is -0.139. The van der Waals surface area contributed by atoms with Gasteiger partial charge in [0.25, 0.3) is 5.91 Å². The molecule has 0 spiro atoms. The molecule has 2 aromatic rings. The van der Waals surface area contributed by atoms with Crippen molar-refractivity contribution in [2.75, 3.05) is 17.6 Å².